The van der Waals surface area contributed by atoms with E-state index < -0.39 is 0 Å². The van der Waals surface area contributed by atoms with E-state index in [1.54, 1.807) is 6.33 Å². The number of benzene rings is 1. The monoisotopic (exact) mass is 342 g/mol. The minimum atomic E-state index is 0.0411. The normalized spacial score (nSPS) is 11.5. The van der Waals surface area contributed by atoms with Crippen molar-refractivity contribution in [1.29, 1.82) is 0 Å². The summed E-state index contributed by atoms with van der Waals surface area (Å²) in [5.41, 5.74) is 4.05. The Bertz CT molecular complexity index is 872. The number of amides is 1. The second-order valence-corrected chi connectivity index (χ2v) is 7.36. The van der Waals surface area contributed by atoms with E-state index in [0.717, 1.165) is 39.9 Å². The Balaban J connectivity index is 1.75. The summed E-state index contributed by atoms with van der Waals surface area (Å²) in [6.45, 7) is 7.09. The van der Waals surface area contributed by atoms with Crippen LogP contribution in [0.5, 0.6) is 0 Å². The van der Waals surface area contributed by atoms with Crippen LogP contribution in [0.2, 0.25) is 0 Å². The average molecular weight is 342 g/mol. The number of aromatic nitrogens is 3. The quantitative estimate of drug-likeness (QED) is 0.529. The zero-order valence-electron chi connectivity index (χ0n) is 14.2. The molecule has 24 heavy (non-hydrogen) atoms. The molecule has 2 aromatic heterocycles. The first kappa shape index (κ1) is 16.8. The highest BCUT2D eigenvalue weighted by Gasteiger charge is 2.12. The van der Waals surface area contributed by atoms with Crippen LogP contribution in [0.25, 0.3) is 21.9 Å². The number of rotatable bonds is 6. The maximum Gasteiger partial charge on any atom is 0.230 e. The van der Waals surface area contributed by atoms with Crippen LogP contribution in [-0.2, 0) is 4.79 Å². The zero-order chi connectivity index (χ0) is 17.1. The Kier molecular flexibility index (Phi) is 5.04. The number of aromatic amines is 1. The molecular weight excluding hydrogens is 320 g/mol. The van der Waals surface area contributed by atoms with Crippen molar-refractivity contribution in [2.45, 2.75) is 32.2 Å². The lowest BCUT2D eigenvalue weighted by molar-refractivity contribution is -0.118. The molecule has 1 aromatic carbocycles. The minimum absolute atomic E-state index is 0.0411. The van der Waals surface area contributed by atoms with E-state index in [-0.39, 0.29) is 5.91 Å². The number of fused-ring (bicyclic) bond motifs is 3. The highest BCUT2D eigenvalue weighted by Crippen LogP contribution is 2.30. The Morgan fingerprint density at radius 2 is 2.17 bits per heavy atom. The zero-order valence-corrected chi connectivity index (χ0v) is 15.0. The number of hydrogen-bond donors (Lipinski definition) is 2. The van der Waals surface area contributed by atoms with Gasteiger partial charge in [0.2, 0.25) is 5.91 Å². The van der Waals surface area contributed by atoms with Crippen LogP contribution in [0.15, 0.2) is 29.6 Å². The van der Waals surface area contributed by atoms with Crippen molar-refractivity contribution in [2.24, 2.45) is 5.92 Å². The molecule has 0 bridgehead atoms. The Morgan fingerprint density at radius 1 is 1.33 bits per heavy atom. The summed E-state index contributed by atoms with van der Waals surface area (Å²) in [6, 6.07) is 6.24. The first-order valence-electron chi connectivity index (χ1n) is 8.17. The maximum absolute atomic E-state index is 12.0. The SMILES string of the molecule is Cc1ccc2[nH]c3c(SCC(=O)NCCC(C)C)ncnc3c2c1. The molecule has 0 unspecified atom stereocenters. The van der Waals surface area contributed by atoms with Gasteiger partial charge in [-0.1, -0.05) is 37.2 Å². The molecule has 1 amide bonds. The van der Waals surface area contributed by atoms with Crippen LogP contribution < -0.4 is 5.32 Å². The van der Waals surface area contributed by atoms with E-state index in [1.807, 2.05) is 0 Å². The molecule has 0 saturated carbocycles. The molecule has 0 radical (unpaired) electrons. The van der Waals surface area contributed by atoms with Gasteiger partial charge in [0.25, 0.3) is 0 Å². The molecule has 0 aliphatic heterocycles. The largest absolute Gasteiger partial charge is 0.355 e. The molecule has 0 saturated heterocycles. The lowest BCUT2D eigenvalue weighted by Gasteiger charge is -2.07. The number of nitrogens with zero attached hydrogens (tertiary/aromatic N) is 2. The summed E-state index contributed by atoms with van der Waals surface area (Å²) in [6.07, 6.45) is 2.56. The summed E-state index contributed by atoms with van der Waals surface area (Å²) in [5, 5.41) is 4.86. The van der Waals surface area contributed by atoms with Crippen molar-refractivity contribution in [1.82, 2.24) is 20.3 Å². The van der Waals surface area contributed by atoms with Gasteiger partial charge < -0.3 is 10.3 Å². The number of hydrogen-bond acceptors (Lipinski definition) is 4. The van der Waals surface area contributed by atoms with E-state index in [2.05, 4.69) is 59.2 Å². The Hall–Kier alpha value is -2.08. The van der Waals surface area contributed by atoms with Crippen LogP contribution in [0.1, 0.15) is 25.8 Å². The van der Waals surface area contributed by atoms with Crippen LogP contribution >= 0.6 is 11.8 Å². The van der Waals surface area contributed by atoms with Crippen molar-refractivity contribution in [3.8, 4) is 0 Å². The van der Waals surface area contributed by atoms with Crippen molar-refractivity contribution >= 4 is 39.6 Å². The van der Waals surface area contributed by atoms with Crippen LogP contribution in [-0.4, -0.2) is 33.2 Å². The molecule has 0 fully saturated rings. The minimum Gasteiger partial charge on any atom is -0.355 e. The first-order valence-corrected chi connectivity index (χ1v) is 9.15. The van der Waals surface area contributed by atoms with Gasteiger partial charge in [0.05, 0.1) is 11.3 Å². The predicted octanol–water partition coefficient (Wildman–Crippen LogP) is 3.67. The third-order valence-corrected chi connectivity index (χ3v) is 4.88. The third-order valence-electron chi connectivity index (χ3n) is 3.89. The summed E-state index contributed by atoms with van der Waals surface area (Å²) in [5.74, 6) is 0.993. The second kappa shape index (κ2) is 7.21. The predicted molar refractivity (Wildman–Crippen MR) is 99.3 cm³/mol. The van der Waals surface area contributed by atoms with Gasteiger partial charge in [-0.2, -0.15) is 0 Å². The summed E-state index contributed by atoms with van der Waals surface area (Å²) < 4.78 is 0. The second-order valence-electron chi connectivity index (χ2n) is 6.40. The van der Waals surface area contributed by atoms with Gasteiger partial charge >= 0.3 is 0 Å². The van der Waals surface area contributed by atoms with Crippen molar-refractivity contribution in [3.63, 3.8) is 0 Å². The average Bonchev–Trinajstić information content (AvgIpc) is 2.91. The van der Waals surface area contributed by atoms with Crippen LogP contribution in [0, 0.1) is 12.8 Å². The fourth-order valence-electron chi connectivity index (χ4n) is 2.58. The molecule has 3 rings (SSSR count). The van der Waals surface area contributed by atoms with E-state index in [4.69, 9.17) is 0 Å². The van der Waals surface area contributed by atoms with Gasteiger partial charge in [0, 0.05) is 17.4 Å². The molecule has 0 aliphatic carbocycles. The third kappa shape index (κ3) is 3.70. The smallest absolute Gasteiger partial charge is 0.230 e. The summed E-state index contributed by atoms with van der Waals surface area (Å²) in [7, 11) is 0. The number of nitrogens with one attached hydrogen (secondary N) is 2. The number of thioether (sulfide) groups is 1. The fraction of sp³-hybridized carbons (Fsp3) is 0.389. The fourth-order valence-corrected chi connectivity index (χ4v) is 3.36. The number of carbonyl (C=O) groups is 1. The van der Waals surface area contributed by atoms with E-state index in [1.165, 1.54) is 17.3 Å². The van der Waals surface area contributed by atoms with Crippen LogP contribution in [0.4, 0.5) is 0 Å². The molecule has 3 aromatic rings. The van der Waals surface area contributed by atoms with Crippen molar-refractivity contribution in [2.75, 3.05) is 12.3 Å². The summed E-state index contributed by atoms with van der Waals surface area (Å²) in [4.78, 5) is 24.1. The molecule has 5 nitrogen and oxygen atoms in total. The van der Waals surface area contributed by atoms with Gasteiger partial charge in [0.1, 0.15) is 16.9 Å². The topological polar surface area (TPSA) is 70.7 Å². The molecule has 0 aliphatic rings. The molecule has 2 N–H and O–H groups in total. The lowest BCUT2D eigenvalue weighted by Crippen LogP contribution is -2.26. The van der Waals surface area contributed by atoms with E-state index in [0.29, 0.717) is 11.7 Å². The van der Waals surface area contributed by atoms with Crippen LogP contribution in [0.3, 0.4) is 0 Å². The summed E-state index contributed by atoms with van der Waals surface area (Å²) >= 11 is 1.44. The highest BCUT2D eigenvalue weighted by molar-refractivity contribution is 8.00. The molecule has 6 heteroatoms. The molecular formula is C18H22N4OS. The lowest BCUT2D eigenvalue weighted by atomic mass is 10.1. The molecule has 0 atom stereocenters. The standard InChI is InChI=1S/C18H22N4OS/c1-11(2)6-7-19-15(23)9-24-18-17-16(20-10-21-18)13-8-12(3)4-5-14(13)22-17/h4-5,8,10-11,22H,6-7,9H2,1-3H3,(H,19,23). The molecule has 0 spiro atoms. The molecule has 126 valence electrons. The van der Waals surface area contributed by atoms with Gasteiger partial charge in [-0.15, -0.1) is 0 Å². The van der Waals surface area contributed by atoms with Gasteiger partial charge in [0.15, 0.2) is 0 Å². The van der Waals surface area contributed by atoms with E-state index >= 15 is 0 Å². The first-order chi connectivity index (χ1) is 11.5. The van der Waals surface area contributed by atoms with Gasteiger partial charge in [-0.25, -0.2) is 9.97 Å². The highest BCUT2D eigenvalue weighted by atomic mass is 32.2. The Morgan fingerprint density at radius 3 is 2.96 bits per heavy atom. The van der Waals surface area contributed by atoms with Gasteiger partial charge in [-0.3, -0.25) is 4.79 Å². The van der Waals surface area contributed by atoms with Crippen molar-refractivity contribution in [3.05, 3.63) is 30.1 Å². The van der Waals surface area contributed by atoms with Crippen molar-refractivity contribution < 1.29 is 4.79 Å². The van der Waals surface area contributed by atoms with Gasteiger partial charge in [-0.05, 0) is 31.4 Å². The molecule has 2 heterocycles. The van der Waals surface area contributed by atoms with E-state index in [9.17, 15) is 4.79 Å². The maximum atomic E-state index is 12.0. The number of aryl methyl sites for hydroxylation is 1. The number of H-pyrrole nitrogens is 1. The number of carbonyl (C=O) groups excluding carboxylic acids is 1. The Labute approximate surface area is 145 Å².